The minimum Gasteiger partial charge on any atom is -0.392 e. The Hall–Kier alpha value is -0.370. The van der Waals surface area contributed by atoms with Crippen LogP contribution in [0.15, 0.2) is 0 Å². The first kappa shape index (κ1) is 9.63. The van der Waals surface area contributed by atoms with Crippen LogP contribution in [0, 0.1) is 5.92 Å². The fourth-order valence-electron chi connectivity index (χ4n) is 0.817. The molecule has 0 heterocycles. The van der Waals surface area contributed by atoms with E-state index in [1.54, 1.807) is 6.92 Å². The molecule has 0 rings (SSSR count). The molecule has 2 nitrogen and oxygen atoms in total. The number of carbonyl (C=O) groups is 1. The zero-order chi connectivity index (χ0) is 8.15. The molecular formula is C8H16O2. The molecule has 0 bridgehead atoms. The van der Waals surface area contributed by atoms with Gasteiger partial charge in [-0.15, -0.1) is 0 Å². The molecule has 0 aromatic carbocycles. The van der Waals surface area contributed by atoms with Crippen molar-refractivity contribution in [3.05, 3.63) is 0 Å². The summed E-state index contributed by atoms with van der Waals surface area (Å²) in [5.41, 5.74) is 0. The molecular weight excluding hydrogens is 128 g/mol. The van der Waals surface area contributed by atoms with Crippen molar-refractivity contribution in [3.63, 3.8) is 0 Å². The Morgan fingerprint density at radius 2 is 2.10 bits per heavy atom. The SMILES string of the molecule is CCC[C@@H](O)[C@H](C)C(C)=O. The van der Waals surface area contributed by atoms with Crippen LogP contribution in [-0.4, -0.2) is 17.0 Å². The lowest BCUT2D eigenvalue weighted by Gasteiger charge is -2.14. The molecule has 2 atom stereocenters. The Kier molecular flexibility index (Phi) is 4.28. The van der Waals surface area contributed by atoms with E-state index in [-0.39, 0.29) is 11.7 Å². The van der Waals surface area contributed by atoms with Gasteiger partial charge in [0.05, 0.1) is 6.10 Å². The third-order valence-electron chi connectivity index (χ3n) is 1.80. The van der Waals surface area contributed by atoms with Gasteiger partial charge in [-0.25, -0.2) is 0 Å². The maximum atomic E-state index is 10.7. The second kappa shape index (κ2) is 4.45. The first-order chi connectivity index (χ1) is 4.59. The summed E-state index contributed by atoms with van der Waals surface area (Å²) in [5, 5.41) is 9.27. The van der Waals surface area contributed by atoms with Crippen LogP contribution in [0.4, 0.5) is 0 Å². The van der Waals surface area contributed by atoms with Crippen LogP contribution in [0.25, 0.3) is 0 Å². The van der Waals surface area contributed by atoms with E-state index in [4.69, 9.17) is 0 Å². The molecule has 0 saturated heterocycles. The lowest BCUT2D eigenvalue weighted by Crippen LogP contribution is -2.23. The van der Waals surface area contributed by atoms with Crippen molar-refractivity contribution in [2.24, 2.45) is 5.92 Å². The maximum Gasteiger partial charge on any atom is 0.135 e. The number of hydrogen-bond donors (Lipinski definition) is 1. The number of aliphatic hydroxyl groups is 1. The van der Waals surface area contributed by atoms with E-state index >= 15 is 0 Å². The molecule has 0 saturated carbocycles. The number of rotatable bonds is 4. The van der Waals surface area contributed by atoms with Gasteiger partial charge in [-0.3, -0.25) is 4.79 Å². The summed E-state index contributed by atoms with van der Waals surface area (Å²) < 4.78 is 0. The Morgan fingerprint density at radius 3 is 2.40 bits per heavy atom. The molecule has 2 heteroatoms. The average Bonchev–Trinajstić information content (AvgIpc) is 1.87. The second-order valence-corrected chi connectivity index (χ2v) is 2.76. The summed E-state index contributed by atoms with van der Waals surface area (Å²) in [6, 6.07) is 0. The van der Waals surface area contributed by atoms with E-state index < -0.39 is 6.10 Å². The van der Waals surface area contributed by atoms with E-state index in [1.807, 2.05) is 6.92 Å². The quantitative estimate of drug-likeness (QED) is 0.647. The highest BCUT2D eigenvalue weighted by Gasteiger charge is 2.16. The third kappa shape index (κ3) is 2.97. The van der Waals surface area contributed by atoms with Crippen LogP contribution in [0.3, 0.4) is 0 Å². The van der Waals surface area contributed by atoms with Gasteiger partial charge in [-0.1, -0.05) is 20.3 Å². The lowest BCUT2D eigenvalue weighted by molar-refractivity contribution is -0.123. The molecule has 60 valence electrons. The minimum absolute atomic E-state index is 0.0703. The molecule has 10 heavy (non-hydrogen) atoms. The van der Waals surface area contributed by atoms with Crippen molar-refractivity contribution in [1.29, 1.82) is 0 Å². The number of Topliss-reactive ketones (excluding diaryl/α,β-unsaturated/α-hetero) is 1. The molecule has 1 N–H and O–H groups in total. The Bertz CT molecular complexity index is 110. The maximum absolute atomic E-state index is 10.7. The predicted molar refractivity (Wildman–Crippen MR) is 40.8 cm³/mol. The highest BCUT2D eigenvalue weighted by Crippen LogP contribution is 2.09. The molecule has 0 aliphatic rings. The van der Waals surface area contributed by atoms with E-state index in [2.05, 4.69) is 0 Å². The summed E-state index contributed by atoms with van der Waals surface area (Å²) in [6.45, 7) is 5.28. The Balaban J connectivity index is 3.69. The number of aliphatic hydroxyl groups excluding tert-OH is 1. The predicted octanol–water partition coefficient (Wildman–Crippen LogP) is 1.37. The van der Waals surface area contributed by atoms with Crippen molar-refractivity contribution < 1.29 is 9.90 Å². The standard InChI is InChI=1S/C8H16O2/c1-4-5-8(10)6(2)7(3)9/h6,8,10H,4-5H2,1-3H3/t6-,8-/m1/s1. The van der Waals surface area contributed by atoms with Crippen LogP contribution in [-0.2, 0) is 4.79 Å². The Labute approximate surface area is 62.2 Å². The smallest absolute Gasteiger partial charge is 0.135 e. The van der Waals surface area contributed by atoms with E-state index in [9.17, 15) is 9.90 Å². The number of ketones is 1. The van der Waals surface area contributed by atoms with E-state index in [1.165, 1.54) is 6.92 Å². The van der Waals surface area contributed by atoms with Gasteiger partial charge < -0.3 is 5.11 Å². The van der Waals surface area contributed by atoms with Gasteiger partial charge >= 0.3 is 0 Å². The molecule has 0 aromatic heterocycles. The summed E-state index contributed by atoms with van der Waals surface area (Å²) in [7, 11) is 0. The van der Waals surface area contributed by atoms with Gasteiger partial charge in [-0.05, 0) is 13.3 Å². The molecule has 0 aliphatic carbocycles. The first-order valence-electron chi connectivity index (χ1n) is 3.78. The zero-order valence-corrected chi connectivity index (χ0v) is 6.92. The molecule has 0 radical (unpaired) electrons. The highest BCUT2D eigenvalue weighted by molar-refractivity contribution is 5.78. The van der Waals surface area contributed by atoms with E-state index in [0.717, 1.165) is 12.8 Å². The van der Waals surface area contributed by atoms with Crippen LogP contribution < -0.4 is 0 Å². The fourth-order valence-corrected chi connectivity index (χ4v) is 0.817. The molecule has 0 aromatic rings. The van der Waals surface area contributed by atoms with Crippen molar-refractivity contribution in [2.75, 3.05) is 0 Å². The minimum atomic E-state index is -0.442. The Morgan fingerprint density at radius 1 is 1.60 bits per heavy atom. The zero-order valence-electron chi connectivity index (χ0n) is 6.92. The molecule has 0 spiro atoms. The van der Waals surface area contributed by atoms with Crippen molar-refractivity contribution in [3.8, 4) is 0 Å². The molecule has 0 fully saturated rings. The summed E-state index contributed by atoms with van der Waals surface area (Å²) in [5.74, 6) is -0.124. The third-order valence-corrected chi connectivity index (χ3v) is 1.80. The number of carbonyl (C=O) groups excluding carboxylic acids is 1. The lowest BCUT2D eigenvalue weighted by atomic mass is 9.97. The van der Waals surface area contributed by atoms with Gasteiger partial charge in [-0.2, -0.15) is 0 Å². The van der Waals surface area contributed by atoms with Crippen LogP contribution in [0.2, 0.25) is 0 Å². The van der Waals surface area contributed by atoms with Crippen molar-refractivity contribution in [2.45, 2.75) is 39.7 Å². The highest BCUT2D eigenvalue weighted by atomic mass is 16.3. The number of hydrogen-bond acceptors (Lipinski definition) is 2. The first-order valence-corrected chi connectivity index (χ1v) is 3.78. The largest absolute Gasteiger partial charge is 0.392 e. The normalized spacial score (nSPS) is 16.4. The van der Waals surface area contributed by atoms with Crippen molar-refractivity contribution >= 4 is 5.78 Å². The van der Waals surface area contributed by atoms with Gasteiger partial charge in [0.1, 0.15) is 5.78 Å². The summed E-state index contributed by atoms with van der Waals surface area (Å²) in [6.07, 6.45) is 1.21. The molecule has 0 unspecified atom stereocenters. The monoisotopic (exact) mass is 144 g/mol. The van der Waals surface area contributed by atoms with Gasteiger partial charge in [0.15, 0.2) is 0 Å². The van der Waals surface area contributed by atoms with Gasteiger partial charge in [0.25, 0.3) is 0 Å². The van der Waals surface area contributed by atoms with Gasteiger partial charge in [0.2, 0.25) is 0 Å². The second-order valence-electron chi connectivity index (χ2n) is 2.76. The fraction of sp³-hybridized carbons (Fsp3) is 0.875. The van der Waals surface area contributed by atoms with Crippen LogP contribution in [0.1, 0.15) is 33.6 Å². The summed E-state index contributed by atoms with van der Waals surface area (Å²) in [4.78, 5) is 10.7. The topological polar surface area (TPSA) is 37.3 Å². The average molecular weight is 144 g/mol. The molecule has 0 aliphatic heterocycles. The van der Waals surface area contributed by atoms with E-state index in [0.29, 0.717) is 0 Å². The van der Waals surface area contributed by atoms with Crippen molar-refractivity contribution in [1.82, 2.24) is 0 Å². The van der Waals surface area contributed by atoms with Crippen LogP contribution in [0.5, 0.6) is 0 Å². The van der Waals surface area contributed by atoms with Gasteiger partial charge in [0, 0.05) is 5.92 Å². The summed E-state index contributed by atoms with van der Waals surface area (Å²) >= 11 is 0. The van der Waals surface area contributed by atoms with Crippen LogP contribution >= 0.6 is 0 Å². The molecule has 0 amide bonds.